The summed E-state index contributed by atoms with van der Waals surface area (Å²) in [6, 6.07) is 10.2. The quantitative estimate of drug-likeness (QED) is 0.591. The molecule has 1 rings (SSSR count). The Kier molecular flexibility index (Phi) is 5.79. The number of unbranched alkanes of at least 4 members (excludes halogenated alkanes) is 2. The normalized spacial score (nSPS) is 11.1. The number of benzene rings is 1. The van der Waals surface area contributed by atoms with Gasteiger partial charge in [-0.1, -0.05) is 25.5 Å². The van der Waals surface area contributed by atoms with E-state index in [-0.39, 0.29) is 0 Å². The first-order valence-corrected chi connectivity index (χ1v) is 6.58. The minimum absolute atomic E-state index is 0.699. The monoisotopic (exact) mass is 292 g/mol. The topological polar surface area (TPSA) is 27.0 Å². The maximum Gasteiger partial charge on any atom is 0.117 e. The van der Waals surface area contributed by atoms with Gasteiger partial charge in [-0.3, -0.25) is 0 Å². The van der Waals surface area contributed by atoms with E-state index in [4.69, 9.17) is 0 Å². The fourth-order valence-corrected chi connectivity index (χ4v) is 2.10. The van der Waals surface area contributed by atoms with Crippen LogP contribution in [0.4, 0.5) is 5.69 Å². The standard InChI is InChI=1S/C14H17BrN2/c1-3-4-5-8-12(11-16)17(2)14-10-7-6-9-13(14)15/h6-10H,3-5H2,1-2H3/b12-8+. The van der Waals surface area contributed by atoms with Crippen LogP contribution in [0.1, 0.15) is 26.2 Å². The first kappa shape index (κ1) is 13.8. The Hall–Kier alpha value is -1.27. The van der Waals surface area contributed by atoms with Gasteiger partial charge in [-0.15, -0.1) is 0 Å². The summed E-state index contributed by atoms with van der Waals surface area (Å²) in [5.74, 6) is 0. The number of nitriles is 1. The highest BCUT2D eigenvalue weighted by atomic mass is 79.9. The van der Waals surface area contributed by atoms with Gasteiger partial charge >= 0.3 is 0 Å². The molecule has 0 aromatic heterocycles. The molecule has 0 heterocycles. The second-order valence-corrected chi connectivity index (χ2v) is 4.71. The number of para-hydroxylation sites is 1. The van der Waals surface area contributed by atoms with Gasteiger partial charge in [0.05, 0.1) is 5.69 Å². The van der Waals surface area contributed by atoms with E-state index in [1.165, 1.54) is 0 Å². The average Bonchev–Trinajstić information content (AvgIpc) is 2.35. The van der Waals surface area contributed by atoms with Gasteiger partial charge < -0.3 is 4.90 Å². The summed E-state index contributed by atoms with van der Waals surface area (Å²) in [6.07, 6.45) is 5.22. The SMILES string of the molecule is CCCC/C=C(\C#N)N(C)c1ccccc1Br. The van der Waals surface area contributed by atoms with Crippen LogP contribution in [0.2, 0.25) is 0 Å². The molecule has 0 N–H and O–H groups in total. The van der Waals surface area contributed by atoms with E-state index in [0.29, 0.717) is 5.70 Å². The van der Waals surface area contributed by atoms with E-state index in [1.54, 1.807) is 0 Å². The van der Waals surface area contributed by atoms with Crippen molar-refractivity contribution in [3.63, 3.8) is 0 Å². The largest absolute Gasteiger partial charge is 0.335 e. The molecule has 0 aliphatic rings. The Bertz CT molecular complexity index is 432. The van der Waals surface area contributed by atoms with Crippen LogP contribution in [-0.2, 0) is 0 Å². The Morgan fingerprint density at radius 1 is 1.47 bits per heavy atom. The molecule has 90 valence electrons. The Balaban J connectivity index is 2.87. The van der Waals surface area contributed by atoms with Crippen LogP contribution in [-0.4, -0.2) is 7.05 Å². The van der Waals surface area contributed by atoms with Crippen LogP contribution in [0.25, 0.3) is 0 Å². The van der Waals surface area contributed by atoms with Crippen LogP contribution in [0, 0.1) is 11.3 Å². The number of hydrogen-bond donors (Lipinski definition) is 0. The zero-order valence-electron chi connectivity index (χ0n) is 10.3. The van der Waals surface area contributed by atoms with Crippen LogP contribution in [0.15, 0.2) is 40.5 Å². The van der Waals surface area contributed by atoms with Gasteiger partial charge in [-0.05, 0) is 47.0 Å². The average molecular weight is 293 g/mol. The van der Waals surface area contributed by atoms with E-state index in [0.717, 1.165) is 29.4 Å². The molecule has 0 radical (unpaired) electrons. The van der Waals surface area contributed by atoms with E-state index in [1.807, 2.05) is 42.3 Å². The molecule has 0 fully saturated rings. The number of anilines is 1. The van der Waals surface area contributed by atoms with E-state index >= 15 is 0 Å². The molecule has 0 amide bonds. The maximum absolute atomic E-state index is 9.17. The molecule has 0 spiro atoms. The molecule has 0 aliphatic heterocycles. The molecule has 0 unspecified atom stereocenters. The lowest BCUT2D eigenvalue weighted by Gasteiger charge is -2.19. The molecule has 2 nitrogen and oxygen atoms in total. The number of nitrogens with zero attached hydrogens (tertiary/aromatic N) is 2. The van der Waals surface area contributed by atoms with Crippen molar-refractivity contribution in [2.75, 3.05) is 11.9 Å². The summed E-state index contributed by atoms with van der Waals surface area (Å²) >= 11 is 3.50. The first-order valence-electron chi connectivity index (χ1n) is 5.79. The Morgan fingerprint density at radius 3 is 2.76 bits per heavy atom. The third kappa shape index (κ3) is 3.90. The lowest BCUT2D eigenvalue weighted by Crippen LogP contribution is -2.15. The van der Waals surface area contributed by atoms with Crippen LogP contribution >= 0.6 is 15.9 Å². The van der Waals surface area contributed by atoms with Gasteiger partial charge in [-0.25, -0.2) is 0 Å². The van der Waals surface area contributed by atoms with Crippen LogP contribution in [0.3, 0.4) is 0 Å². The molecule has 0 saturated heterocycles. The van der Waals surface area contributed by atoms with Gasteiger partial charge in [0, 0.05) is 11.5 Å². The highest BCUT2D eigenvalue weighted by Gasteiger charge is 2.08. The summed E-state index contributed by atoms with van der Waals surface area (Å²) in [4.78, 5) is 1.92. The summed E-state index contributed by atoms with van der Waals surface area (Å²) in [6.45, 7) is 2.15. The second kappa shape index (κ2) is 7.13. The number of halogens is 1. The van der Waals surface area contributed by atoms with Gasteiger partial charge in [-0.2, -0.15) is 5.26 Å². The molecular formula is C14H17BrN2. The lowest BCUT2D eigenvalue weighted by atomic mass is 10.2. The molecule has 0 bridgehead atoms. The van der Waals surface area contributed by atoms with Gasteiger partial charge in [0.25, 0.3) is 0 Å². The minimum Gasteiger partial charge on any atom is -0.335 e. The molecule has 3 heteroatoms. The van der Waals surface area contributed by atoms with Crippen molar-refractivity contribution >= 4 is 21.6 Å². The smallest absolute Gasteiger partial charge is 0.117 e. The summed E-state index contributed by atoms with van der Waals surface area (Å²) in [7, 11) is 1.92. The van der Waals surface area contributed by atoms with Crippen molar-refractivity contribution in [2.24, 2.45) is 0 Å². The maximum atomic E-state index is 9.17. The van der Waals surface area contributed by atoms with Gasteiger partial charge in [0.2, 0.25) is 0 Å². The Morgan fingerprint density at radius 2 is 2.18 bits per heavy atom. The number of allylic oxidation sites excluding steroid dienone is 2. The molecule has 17 heavy (non-hydrogen) atoms. The Labute approximate surface area is 112 Å². The van der Waals surface area contributed by atoms with Crippen LogP contribution < -0.4 is 4.90 Å². The lowest BCUT2D eigenvalue weighted by molar-refractivity contribution is 0.810. The minimum atomic E-state index is 0.699. The predicted molar refractivity (Wildman–Crippen MR) is 75.8 cm³/mol. The molecule has 1 aromatic rings. The summed E-state index contributed by atoms with van der Waals surface area (Å²) < 4.78 is 0.999. The molecular weight excluding hydrogens is 276 g/mol. The third-order valence-corrected chi connectivity index (χ3v) is 3.26. The van der Waals surface area contributed by atoms with Crippen molar-refractivity contribution in [3.8, 4) is 6.07 Å². The molecule has 1 aromatic carbocycles. The molecule has 0 saturated carbocycles. The third-order valence-electron chi connectivity index (χ3n) is 2.59. The van der Waals surface area contributed by atoms with Crippen molar-refractivity contribution in [1.82, 2.24) is 0 Å². The number of hydrogen-bond acceptors (Lipinski definition) is 2. The second-order valence-electron chi connectivity index (χ2n) is 3.85. The highest BCUT2D eigenvalue weighted by Crippen LogP contribution is 2.27. The molecule has 0 atom stereocenters. The van der Waals surface area contributed by atoms with Crippen molar-refractivity contribution in [2.45, 2.75) is 26.2 Å². The summed E-state index contributed by atoms with van der Waals surface area (Å²) in [5.41, 5.74) is 1.71. The highest BCUT2D eigenvalue weighted by molar-refractivity contribution is 9.10. The first-order chi connectivity index (χ1) is 8.20. The van der Waals surface area contributed by atoms with Gasteiger partial charge in [0.1, 0.15) is 11.8 Å². The van der Waals surface area contributed by atoms with Gasteiger partial charge in [0.15, 0.2) is 0 Å². The summed E-state index contributed by atoms with van der Waals surface area (Å²) in [5, 5.41) is 9.17. The fraction of sp³-hybridized carbons (Fsp3) is 0.357. The molecule has 0 aliphatic carbocycles. The van der Waals surface area contributed by atoms with Crippen LogP contribution in [0.5, 0.6) is 0 Å². The van der Waals surface area contributed by atoms with E-state index < -0.39 is 0 Å². The van der Waals surface area contributed by atoms with Crippen molar-refractivity contribution in [3.05, 3.63) is 40.5 Å². The predicted octanol–water partition coefficient (Wildman–Crippen LogP) is 4.48. The van der Waals surface area contributed by atoms with E-state index in [9.17, 15) is 5.26 Å². The van der Waals surface area contributed by atoms with E-state index in [2.05, 4.69) is 28.9 Å². The zero-order chi connectivity index (χ0) is 12.7. The van der Waals surface area contributed by atoms with Crippen molar-refractivity contribution in [1.29, 1.82) is 5.26 Å². The fourth-order valence-electron chi connectivity index (χ4n) is 1.55. The number of rotatable bonds is 5. The zero-order valence-corrected chi connectivity index (χ0v) is 11.9. The van der Waals surface area contributed by atoms with Crippen molar-refractivity contribution < 1.29 is 0 Å².